The minimum atomic E-state index is -3.81. The van der Waals surface area contributed by atoms with Crippen molar-refractivity contribution in [2.24, 2.45) is 0 Å². The lowest BCUT2D eigenvalue weighted by molar-refractivity contribution is -0.0778. The maximum Gasteiger partial charge on any atom is 0.264 e. The lowest BCUT2D eigenvalue weighted by atomic mass is 10.1. The van der Waals surface area contributed by atoms with Gasteiger partial charge >= 0.3 is 0 Å². The molecule has 1 amide bonds. The monoisotopic (exact) mass is 475 g/mol. The number of anilines is 1. The number of amides is 1. The van der Waals surface area contributed by atoms with Crippen molar-refractivity contribution in [3.63, 3.8) is 0 Å². The Hall–Kier alpha value is -2.62. The highest BCUT2D eigenvalue weighted by atomic mass is 32.2. The number of rotatable bonds is 8. The van der Waals surface area contributed by atoms with E-state index in [4.69, 9.17) is 9.47 Å². The summed E-state index contributed by atoms with van der Waals surface area (Å²) in [4.78, 5) is 15.0. The average Bonchev–Trinajstić information content (AvgIpc) is 2.81. The van der Waals surface area contributed by atoms with E-state index >= 15 is 0 Å². The van der Waals surface area contributed by atoms with E-state index in [9.17, 15) is 13.2 Å². The van der Waals surface area contributed by atoms with Crippen LogP contribution in [0.15, 0.2) is 53.4 Å². The minimum absolute atomic E-state index is 0.0946. The highest BCUT2D eigenvalue weighted by Crippen LogP contribution is 2.30. The lowest BCUT2D eigenvalue weighted by Crippen LogP contribution is -2.52. The van der Waals surface area contributed by atoms with Gasteiger partial charge < -0.3 is 14.8 Å². The highest BCUT2D eigenvalue weighted by Gasteiger charge is 2.26. The number of morpholine rings is 1. The van der Waals surface area contributed by atoms with Crippen LogP contribution in [0.25, 0.3) is 0 Å². The van der Waals surface area contributed by atoms with Gasteiger partial charge in [-0.05, 0) is 57.2 Å². The second-order valence-electron chi connectivity index (χ2n) is 8.44. The first-order chi connectivity index (χ1) is 15.6. The van der Waals surface area contributed by atoms with E-state index in [1.54, 1.807) is 24.3 Å². The molecule has 8 nitrogen and oxygen atoms in total. The molecule has 1 heterocycles. The molecule has 3 rings (SSSR count). The molecule has 1 N–H and O–H groups in total. The number of ether oxygens (including phenoxy) is 2. The van der Waals surface area contributed by atoms with E-state index in [-0.39, 0.29) is 29.1 Å². The van der Waals surface area contributed by atoms with Crippen LogP contribution in [-0.2, 0) is 14.8 Å². The third-order valence-corrected chi connectivity index (χ3v) is 7.61. The predicted octanol–water partition coefficient (Wildman–Crippen LogP) is 2.75. The Bertz CT molecular complexity index is 1050. The Morgan fingerprint density at radius 1 is 1.15 bits per heavy atom. The van der Waals surface area contributed by atoms with Crippen molar-refractivity contribution < 1.29 is 22.7 Å². The van der Waals surface area contributed by atoms with E-state index < -0.39 is 10.0 Å². The fraction of sp³-hybridized carbons (Fsp3) is 0.458. The van der Waals surface area contributed by atoms with Gasteiger partial charge in [0.2, 0.25) is 0 Å². The molecule has 9 heteroatoms. The van der Waals surface area contributed by atoms with E-state index in [0.717, 1.165) is 13.1 Å². The van der Waals surface area contributed by atoms with Crippen molar-refractivity contribution in [3.05, 3.63) is 54.1 Å². The van der Waals surface area contributed by atoms with Gasteiger partial charge in [0.15, 0.2) is 0 Å². The number of hydrogen-bond donors (Lipinski definition) is 1. The highest BCUT2D eigenvalue weighted by molar-refractivity contribution is 7.92. The van der Waals surface area contributed by atoms with Crippen LogP contribution in [0, 0.1) is 0 Å². The molecule has 1 aliphatic heterocycles. The van der Waals surface area contributed by atoms with Gasteiger partial charge in [-0.1, -0.05) is 12.1 Å². The molecule has 1 saturated heterocycles. The molecule has 0 spiro atoms. The van der Waals surface area contributed by atoms with Gasteiger partial charge in [0, 0.05) is 38.3 Å². The van der Waals surface area contributed by atoms with Crippen molar-refractivity contribution in [3.8, 4) is 5.75 Å². The van der Waals surface area contributed by atoms with Gasteiger partial charge in [-0.2, -0.15) is 0 Å². The summed E-state index contributed by atoms with van der Waals surface area (Å²) in [5.74, 6) is 0.219. The summed E-state index contributed by atoms with van der Waals surface area (Å²) in [6.45, 7) is 8.33. The number of nitrogens with one attached hydrogen (secondary N) is 1. The number of methoxy groups -OCH3 is 1. The third-order valence-electron chi connectivity index (χ3n) is 5.83. The summed E-state index contributed by atoms with van der Waals surface area (Å²) in [5, 5.41) is 2.95. The van der Waals surface area contributed by atoms with Crippen LogP contribution < -0.4 is 14.4 Å². The number of carbonyl (C=O) groups excluding carboxylic acids is 1. The fourth-order valence-electron chi connectivity index (χ4n) is 4.00. The molecule has 0 radical (unpaired) electrons. The summed E-state index contributed by atoms with van der Waals surface area (Å²) in [5.41, 5.74) is 0.840. The largest absolute Gasteiger partial charge is 0.495 e. The van der Waals surface area contributed by atoms with Gasteiger partial charge in [0.05, 0.1) is 29.9 Å². The number of hydrogen-bond acceptors (Lipinski definition) is 6. The summed E-state index contributed by atoms with van der Waals surface area (Å²) in [7, 11) is -0.846. The van der Waals surface area contributed by atoms with Crippen molar-refractivity contribution in [1.82, 2.24) is 10.2 Å². The zero-order valence-corrected chi connectivity index (χ0v) is 20.6. The molecule has 0 aliphatic carbocycles. The average molecular weight is 476 g/mol. The van der Waals surface area contributed by atoms with Crippen LogP contribution in [0.3, 0.4) is 0 Å². The summed E-state index contributed by atoms with van der Waals surface area (Å²) >= 11 is 0. The summed E-state index contributed by atoms with van der Waals surface area (Å²) in [6, 6.07) is 13.0. The molecular weight excluding hydrogens is 442 g/mol. The molecule has 0 aromatic heterocycles. The van der Waals surface area contributed by atoms with Crippen LogP contribution in [0.2, 0.25) is 0 Å². The normalized spacial score (nSPS) is 20.2. The first-order valence-corrected chi connectivity index (χ1v) is 12.5. The zero-order chi connectivity index (χ0) is 24.2. The standard InChI is InChI=1S/C24H33N3O5S/c1-17(27-15-18(2)32-19(3)16-27)14-25-24(28)20-10-12-21(13-11-20)33(29,30)26(4)22-8-6-7-9-23(22)31-5/h6-13,17-19H,14-16H2,1-5H3,(H,25,28)/t17-,18+,19+/m0/s1. The molecule has 2 aromatic rings. The second kappa shape index (κ2) is 10.5. The van der Waals surface area contributed by atoms with Crippen LogP contribution in [0.4, 0.5) is 5.69 Å². The topological polar surface area (TPSA) is 88.2 Å². The lowest BCUT2D eigenvalue weighted by Gasteiger charge is -2.39. The Labute approximate surface area is 196 Å². The molecular formula is C24H33N3O5S. The number of carbonyl (C=O) groups is 1. The Balaban J connectivity index is 1.65. The van der Waals surface area contributed by atoms with E-state index in [0.29, 0.717) is 23.5 Å². The summed E-state index contributed by atoms with van der Waals surface area (Å²) in [6.07, 6.45) is 0.325. The molecule has 2 aromatic carbocycles. The Kier molecular flexibility index (Phi) is 7.99. The predicted molar refractivity (Wildman–Crippen MR) is 128 cm³/mol. The second-order valence-corrected chi connectivity index (χ2v) is 10.4. The number of sulfonamides is 1. The van der Waals surface area contributed by atoms with Crippen molar-refractivity contribution >= 4 is 21.6 Å². The minimum Gasteiger partial charge on any atom is -0.495 e. The zero-order valence-electron chi connectivity index (χ0n) is 19.8. The first-order valence-electron chi connectivity index (χ1n) is 11.0. The SMILES string of the molecule is COc1ccccc1N(C)S(=O)(=O)c1ccc(C(=O)NC[C@H](C)N2C[C@@H](C)O[C@H](C)C2)cc1. The van der Waals surface area contributed by atoms with Gasteiger partial charge in [-0.25, -0.2) is 8.42 Å². The molecule has 0 bridgehead atoms. The molecule has 33 heavy (non-hydrogen) atoms. The molecule has 0 saturated carbocycles. The molecule has 1 aliphatic rings. The maximum atomic E-state index is 13.1. The summed E-state index contributed by atoms with van der Waals surface area (Å²) < 4.78 is 38.4. The van der Waals surface area contributed by atoms with Crippen molar-refractivity contribution in [2.45, 2.75) is 43.9 Å². The van der Waals surface area contributed by atoms with E-state index in [1.807, 2.05) is 0 Å². The van der Waals surface area contributed by atoms with Gasteiger partial charge in [0.1, 0.15) is 5.75 Å². The molecule has 0 unspecified atom stereocenters. The molecule has 3 atom stereocenters. The quantitative estimate of drug-likeness (QED) is 0.632. The maximum absolute atomic E-state index is 13.1. The smallest absolute Gasteiger partial charge is 0.264 e. The van der Waals surface area contributed by atoms with Crippen molar-refractivity contribution in [2.75, 3.05) is 38.1 Å². The van der Waals surface area contributed by atoms with Gasteiger partial charge in [-0.15, -0.1) is 0 Å². The van der Waals surface area contributed by atoms with Crippen LogP contribution in [0.5, 0.6) is 5.75 Å². The van der Waals surface area contributed by atoms with Crippen molar-refractivity contribution in [1.29, 1.82) is 0 Å². The number of benzene rings is 2. The molecule has 1 fully saturated rings. The first kappa shape index (κ1) is 25.0. The van der Waals surface area contributed by atoms with Gasteiger partial charge in [0.25, 0.3) is 15.9 Å². The Morgan fingerprint density at radius 2 is 1.76 bits per heavy atom. The van der Waals surface area contributed by atoms with E-state index in [1.165, 1.54) is 42.7 Å². The third kappa shape index (κ3) is 5.85. The fourth-order valence-corrected chi connectivity index (χ4v) is 5.21. The van der Waals surface area contributed by atoms with Crippen LogP contribution in [-0.4, -0.2) is 71.3 Å². The molecule has 180 valence electrons. The number of nitrogens with zero attached hydrogens (tertiary/aromatic N) is 2. The number of para-hydroxylation sites is 2. The van der Waals surface area contributed by atoms with E-state index in [2.05, 4.69) is 31.0 Å². The van der Waals surface area contributed by atoms with Crippen LogP contribution in [0.1, 0.15) is 31.1 Å². The van der Waals surface area contributed by atoms with Crippen LogP contribution >= 0.6 is 0 Å². The van der Waals surface area contributed by atoms with Gasteiger partial charge in [-0.3, -0.25) is 14.0 Å². The Morgan fingerprint density at radius 3 is 2.36 bits per heavy atom.